The Morgan fingerprint density at radius 1 is 1.09 bits per heavy atom. The van der Waals surface area contributed by atoms with Crippen LogP contribution in [0.1, 0.15) is 24.4 Å². The number of nitrogens with one attached hydrogen (secondary N) is 1. The largest absolute Gasteiger partial charge is 0.379 e. The van der Waals surface area contributed by atoms with Gasteiger partial charge in [0.25, 0.3) is 0 Å². The second-order valence-corrected chi connectivity index (χ2v) is 5.84. The number of rotatable bonds is 4. The highest BCUT2D eigenvalue weighted by atomic mass is 15.1. The number of aryl methyl sites for hydroxylation is 2. The number of imidazole rings is 1. The average Bonchev–Trinajstić information content (AvgIpc) is 3.05. The van der Waals surface area contributed by atoms with Gasteiger partial charge in [-0.25, -0.2) is 4.98 Å². The molecule has 0 saturated heterocycles. The zero-order valence-electron chi connectivity index (χ0n) is 12.9. The maximum Gasteiger partial charge on any atom is 0.109 e. The van der Waals surface area contributed by atoms with Crippen LogP contribution >= 0.6 is 0 Å². The van der Waals surface area contributed by atoms with E-state index >= 15 is 0 Å². The lowest BCUT2D eigenvalue weighted by Gasteiger charge is -2.11. The summed E-state index contributed by atoms with van der Waals surface area (Å²) >= 11 is 0. The molecule has 0 bridgehead atoms. The third kappa shape index (κ3) is 3.08. The van der Waals surface area contributed by atoms with E-state index < -0.39 is 0 Å². The monoisotopic (exact) mass is 305 g/mol. The number of hydrogen-bond acceptors (Lipinski definition) is 4. The number of benzene rings is 1. The van der Waals surface area contributed by atoms with Crippen LogP contribution in [-0.4, -0.2) is 19.7 Å². The molecule has 0 unspecified atom stereocenters. The second-order valence-electron chi connectivity index (χ2n) is 5.84. The maximum atomic E-state index is 4.77. The van der Waals surface area contributed by atoms with Crippen molar-refractivity contribution >= 4 is 5.69 Å². The molecule has 0 spiro atoms. The molecule has 3 aromatic rings. The first-order chi connectivity index (χ1) is 11.4. The molecule has 23 heavy (non-hydrogen) atoms. The standard InChI is InChI=1S/C18H19N5/c1-2-11-23-13-17(21-18(23)5-1)14-6-8-15(9-7-14)19-12-16-4-3-10-20-22-16/h3-4,6-10,13,19H,1-2,5,11-12H2. The number of fused-ring (bicyclic) bond motifs is 1. The molecule has 2 aromatic heterocycles. The lowest BCUT2D eigenvalue weighted by atomic mass is 10.1. The minimum absolute atomic E-state index is 0.673. The molecule has 116 valence electrons. The normalized spacial score (nSPS) is 13.6. The van der Waals surface area contributed by atoms with E-state index in [4.69, 9.17) is 4.98 Å². The Morgan fingerprint density at radius 2 is 2.00 bits per heavy atom. The van der Waals surface area contributed by atoms with Gasteiger partial charge in [0.05, 0.1) is 17.9 Å². The molecular weight excluding hydrogens is 286 g/mol. The van der Waals surface area contributed by atoms with Gasteiger partial charge < -0.3 is 9.88 Å². The van der Waals surface area contributed by atoms with Gasteiger partial charge in [-0.3, -0.25) is 0 Å². The van der Waals surface area contributed by atoms with Gasteiger partial charge in [0.15, 0.2) is 0 Å². The molecule has 5 heteroatoms. The zero-order valence-corrected chi connectivity index (χ0v) is 12.9. The Kier molecular flexibility index (Phi) is 3.76. The van der Waals surface area contributed by atoms with E-state index in [0.717, 1.165) is 35.6 Å². The van der Waals surface area contributed by atoms with Crippen molar-refractivity contribution in [3.05, 3.63) is 60.3 Å². The van der Waals surface area contributed by atoms with Crippen molar-refractivity contribution in [1.82, 2.24) is 19.7 Å². The predicted molar refractivity (Wildman–Crippen MR) is 90.0 cm³/mol. The minimum Gasteiger partial charge on any atom is -0.379 e. The van der Waals surface area contributed by atoms with E-state index in [0.29, 0.717) is 6.54 Å². The fourth-order valence-corrected chi connectivity index (χ4v) is 2.93. The molecule has 1 aromatic carbocycles. The molecule has 0 fully saturated rings. The summed E-state index contributed by atoms with van der Waals surface area (Å²) in [4.78, 5) is 4.77. The van der Waals surface area contributed by atoms with Crippen LogP contribution in [0.15, 0.2) is 48.8 Å². The SMILES string of the molecule is c1cnnc(CNc2ccc(-c3cn4c(n3)CCCC4)cc2)c1. The van der Waals surface area contributed by atoms with Gasteiger partial charge in [-0.1, -0.05) is 12.1 Å². The van der Waals surface area contributed by atoms with E-state index in [1.54, 1.807) is 6.20 Å². The first-order valence-corrected chi connectivity index (χ1v) is 8.05. The van der Waals surface area contributed by atoms with E-state index in [9.17, 15) is 0 Å². The molecule has 1 N–H and O–H groups in total. The first kappa shape index (κ1) is 13.9. The molecule has 0 aliphatic carbocycles. The number of nitrogens with zero attached hydrogens (tertiary/aromatic N) is 4. The Hall–Kier alpha value is -2.69. The van der Waals surface area contributed by atoms with Gasteiger partial charge in [0, 0.05) is 36.6 Å². The summed E-state index contributed by atoms with van der Waals surface area (Å²) in [7, 11) is 0. The molecule has 5 nitrogen and oxygen atoms in total. The predicted octanol–water partition coefficient (Wildman–Crippen LogP) is 3.29. The zero-order chi connectivity index (χ0) is 15.5. The van der Waals surface area contributed by atoms with Crippen molar-refractivity contribution < 1.29 is 0 Å². The molecule has 0 saturated carbocycles. The van der Waals surface area contributed by atoms with Crippen LogP contribution < -0.4 is 5.32 Å². The third-order valence-corrected chi connectivity index (χ3v) is 4.19. The van der Waals surface area contributed by atoms with Crippen LogP contribution in [0.25, 0.3) is 11.3 Å². The van der Waals surface area contributed by atoms with Crippen molar-refractivity contribution in [2.75, 3.05) is 5.32 Å². The van der Waals surface area contributed by atoms with E-state index in [1.807, 2.05) is 12.1 Å². The quantitative estimate of drug-likeness (QED) is 0.803. The van der Waals surface area contributed by atoms with E-state index in [-0.39, 0.29) is 0 Å². The first-order valence-electron chi connectivity index (χ1n) is 8.05. The van der Waals surface area contributed by atoms with E-state index in [2.05, 4.69) is 50.5 Å². The highest BCUT2D eigenvalue weighted by molar-refractivity contribution is 5.62. The van der Waals surface area contributed by atoms with E-state index in [1.165, 1.54) is 18.7 Å². The summed E-state index contributed by atoms with van der Waals surface area (Å²) in [5.41, 5.74) is 4.24. The van der Waals surface area contributed by atoms with Crippen molar-refractivity contribution in [3.8, 4) is 11.3 Å². The summed E-state index contributed by atoms with van der Waals surface area (Å²) in [5, 5.41) is 11.3. The van der Waals surface area contributed by atoms with Crippen LogP contribution in [0, 0.1) is 0 Å². The topological polar surface area (TPSA) is 55.6 Å². The molecule has 0 amide bonds. The summed E-state index contributed by atoms with van der Waals surface area (Å²) in [5.74, 6) is 1.22. The van der Waals surface area contributed by atoms with Crippen LogP contribution in [0.5, 0.6) is 0 Å². The third-order valence-electron chi connectivity index (χ3n) is 4.19. The van der Waals surface area contributed by atoms with Crippen molar-refractivity contribution in [3.63, 3.8) is 0 Å². The molecule has 1 aliphatic heterocycles. The van der Waals surface area contributed by atoms with Gasteiger partial charge in [-0.2, -0.15) is 10.2 Å². The summed E-state index contributed by atoms with van der Waals surface area (Å²) in [6.45, 7) is 1.77. The van der Waals surface area contributed by atoms with Crippen LogP contribution in [0.4, 0.5) is 5.69 Å². The lowest BCUT2D eigenvalue weighted by Crippen LogP contribution is -2.08. The maximum absolute atomic E-state index is 4.77. The highest BCUT2D eigenvalue weighted by Crippen LogP contribution is 2.24. The Morgan fingerprint density at radius 3 is 2.78 bits per heavy atom. The Labute approximate surface area is 135 Å². The van der Waals surface area contributed by atoms with Gasteiger partial charge in [-0.05, 0) is 37.1 Å². The summed E-state index contributed by atoms with van der Waals surface area (Å²) in [6, 6.07) is 12.3. The Bertz CT molecular complexity index is 753. The van der Waals surface area contributed by atoms with Crippen molar-refractivity contribution in [2.24, 2.45) is 0 Å². The molecule has 3 heterocycles. The average molecular weight is 305 g/mol. The molecule has 1 aliphatic rings. The minimum atomic E-state index is 0.673. The van der Waals surface area contributed by atoms with Crippen molar-refractivity contribution in [2.45, 2.75) is 32.4 Å². The molecule has 4 rings (SSSR count). The molecule has 0 radical (unpaired) electrons. The molecular formula is C18H19N5. The second kappa shape index (κ2) is 6.20. The van der Waals surface area contributed by atoms with Gasteiger partial charge in [0.2, 0.25) is 0 Å². The number of anilines is 1. The van der Waals surface area contributed by atoms with Gasteiger partial charge in [-0.15, -0.1) is 0 Å². The highest BCUT2D eigenvalue weighted by Gasteiger charge is 2.12. The van der Waals surface area contributed by atoms with Gasteiger partial charge in [0.1, 0.15) is 5.82 Å². The molecule has 0 atom stereocenters. The lowest BCUT2D eigenvalue weighted by molar-refractivity contribution is 0.522. The fraction of sp³-hybridized carbons (Fsp3) is 0.278. The van der Waals surface area contributed by atoms with Crippen molar-refractivity contribution in [1.29, 1.82) is 0 Å². The van der Waals surface area contributed by atoms with Gasteiger partial charge >= 0.3 is 0 Å². The fourth-order valence-electron chi connectivity index (χ4n) is 2.93. The smallest absolute Gasteiger partial charge is 0.109 e. The van der Waals surface area contributed by atoms with Crippen LogP contribution in [0.2, 0.25) is 0 Å². The summed E-state index contributed by atoms with van der Waals surface area (Å²) in [6.07, 6.45) is 7.47. The Balaban J connectivity index is 1.46. The van der Waals surface area contributed by atoms with Crippen LogP contribution in [-0.2, 0) is 19.5 Å². The number of aromatic nitrogens is 4. The summed E-state index contributed by atoms with van der Waals surface area (Å²) < 4.78 is 2.29. The van der Waals surface area contributed by atoms with Crippen LogP contribution in [0.3, 0.4) is 0 Å². The number of hydrogen-bond donors (Lipinski definition) is 1.